The van der Waals surface area contributed by atoms with Crippen molar-refractivity contribution in [3.63, 3.8) is 0 Å². The summed E-state index contributed by atoms with van der Waals surface area (Å²) in [6, 6.07) is 3.09. The number of aromatic hydroxyl groups is 1. The molecule has 2 rings (SSSR count). The van der Waals surface area contributed by atoms with Crippen molar-refractivity contribution in [2.45, 2.75) is 76.3 Å². The van der Waals surface area contributed by atoms with E-state index in [9.17, 15) is 43.5 Å². The third-order valence-electron chi connectivity index (χ3n) is 11.1. The molecule has 0 aliphatic carbocycles. The number of anilines is 1. The van der Waals surface area contributed by atoms with Gasteiger partial charge in [-0.25, -0.2) is 0 Å². The highest BCUT2D eigenvalue weighted by atomic mass is 16.6. The number of carbonyl (C=O) groups excluding carboxylic acids is 7. The number of unbranched alkanes of at least 4 members (excludes halogenated alkanes) is 1. The Morgan fingerprint density at radius 3 is 1.61 bits per heavy atom. The zero-order valence-corrected chi connectivity index (χ0v) is 45.6. The Morgan fingerprint density at radius 2 is 1.08 bits per heavy atom. The predicted molar refractivity (Wildman–Crippen MR) is 284 cm³/mol. The second-order valence-electron chi connectivity index (χ2n) is 17.6. The van der Waals surface area contributed by atoms with E-state index in [1.807, 2.05) is 0 Å². The molecule has 1 heterocycles. The van der Waals surface area contributed by atoms with Crippen LogP contribution in [0.5, 0.6) is 5.75 Å². The van der Waals surface area contributed by atoms with Crippen LogP contribution in [0.3, 0.4) is 0 Å². The number of phenolic OH excluding ortho intramolecular Hbond substituents is 1. The van der Waals surface area contributed by atoms with Crippen LogP contribution in [-0.2, 0) is 92.1 Å². The van der Waals surface area contributed by atoms with Crippen LogP contribution in [0.4, 0.5) is 5.69 Å². The lowest BCUT2D eigenvalue weighted by atomic mass is 10.0. The largest absolute Gasteiger partial charge is 0.506 e. The Balaban J connectivity index is 1.54. The van der Waals surface area contributed by atoms with Crippen LogP contribution < -0.4 is 32.3 Å². The molecule has 0 spiro atoms. The van der Waals surface area contributed by atoms with Gasteiger partial charge in [0.15, 0.2) is 0 Å². The van der Waals surface area contributed by atoms with E-state index in [4.69, 9.17) is 58.2 Å². The van der Waals surface area contributed by atoms with Gasteiger partial charge >= 0.3 is 5.97 Å². The summed E-state index contributed by atoms with van der Waals surface area (Å²) in [6.45, 7) is 7.57. The molecule has 0 unspecified atom stereocenters. The summed E-state index contributed by atoms with van der Waals surface area (Å²) in [7, 11) is 1.63. The van der Waals surface area contributed by atoms with Gasteiger partial charge in [0.05, 0.1) is 131 Å². The minimum Gasteiger partial charge on any atom is -0.506 e. The molecule has 448 valence electrons. The van der Waals surface area contributed by atoms with Crippen molar-refractivity contribution in [1.29, 1.82) is 0 Å². The summed E-state index contributed by atoms with van der Waals surface area (Å²) in [5.41, 5.74) is 6.77. The number of nitrogens with one attached hydrogen (secondary N) is 5. The highest BCUT2D eigenvalue weighted by molar-refractivity contribution is 6.12. The third-order valence-corrected chi connectivity index (χ3v) is 11.1. The number of carboxylic acid groups (broad SMARTS) is 1. The fourth-order valence-corrected chi connectivity index (χ4v) is 6.97. The topological polar surface area (TPSA) is 359 Å². The second-order valence-corrected chi connectivity index (χ2v) is 17.6. The Kier molecular flexibility index (Phi) is 40.5. The van der Waals surface area contributed by atoms with E-state index in [2.05, 4.69) is 26.6 Å². The number of benzene rings is 1. The maximum absolute atomic E-state index is 13.3. The zero-order valence-electron chi connectivity index (χ0n) is 45.6. The van der Waals surface area contributed by atoms with Gasteiger partial charge in [0, 0.05) is 64.2 Å². The van der Waals surface area contributed by atoms with Crippen molar-refractivity contribution in [2.75, 3.05) is 164 Å². The van der Waals surface area contributed by atoms with Crippen molar-refractivity contribution in [2.24, 2.45) is 5.73 Å². The number of carbonyl (C=O) groups is 8. The molecule has 0 radical (unpaired) electrons. The molecule has 0 aromatic heterocycles. The van der Waals surface area contributed by atoms with E-state index in [1.54, 1.807) is 13.2 Å². The first-order valence-corrected chi connectivity index (χ1v) is 26.7. The summed E-state index contributed by atoms with van der Waals surface area (Å²) in [4.78, 5) is 99.2. The van der Waals surface area contributed by atoms with Crippen molar-refractivity contribution in [3.8, 4) is 5.75 Å². The molecule has 0 saturated carbocycles. The Hall–Kier alpha value is -5.72. The van der Waals surface area contributed by atoms with Gasteiger partial charge in [-0.3, -0.25) is 43.3 Å². The normalized spacial score (nSPS) is 12.9. The number of nitrogens with zero attached hydrogens (tertiary/aromatic N) is 1. The highest BCUT2D eigenvalue weighted by Gasteiger charge is 2.24. The fraction of sp³-hybridized carbons (Fsp3) is 0.692. The summed E-state index contributed by atoms with van der Waals surface area (Å²) in [5.74, 6) is -4.51. The van der Waals surface area contributed by atoms with Gasteiger partial charge in [-0.1, -0.05) is 6.07 Å². The minimum atomic E-state index is -0.965. The predicted octanol–water partition coefficient (Wildman–Crippen LogP) is -0.650. The van der Waals surface area contributed by atoms with Crippen molar-refractivity contribution < 1.29 is 95.9 Å². The SMILES string of the molecule is COCCOCCOCCOCCOCCOCCOCCOCCOCCOCC(=O)NCCCC[C@H](NC(=O)CCCN1C(=O)C=CC1=O)C(=O)NCCCC(=O)NCC(=O)Nc1cc(C[C@H](N)CCC(=O)O)ccc1O. The number of rotatable bonds is 52. The molecular formula is C52H85N7O20. The van der Waals surface area contributed by atoms with Crippen molar-refractivity contribution >= 4 is 53.0 Å². The van der Waals surface area contributed by atoms with Crippen molar-refractivity contribution in [3.05, 3.63) is 35.9 Å². The molecule has 1 aliphatic heterocycles. The van der Waals surface area contributed by atoms with Gasteiger partial charge in [0.2, 0.25) is 29.5 Å². The molecule has 1 aliphatic rings. The van der Waals surface area contributed by atoms with E-state index < -0.39 is 60.0 Å². The number of carboxylic acids is 1. The Morgan fingerprint density at radius 1 is 0.570 bits per heavy atom. The molecule has 1 aromatic rings. The van der Waals surface area contributed by atoms with Gasteiger partial charge in [-0.15, -0.1) is 0 Å². The monoisotopic (exact) mass is 1130 g/mol. The molecule has 1 aromatic carbocycles. The standard InChI is InChI=1S/C52H85N7O20/c1-70-18-19-71-20-21-72-22-23-73-24-25-74-26-27-75-28-29-76-30-31-77-32-33-78-34-35-79-39-48(64)54-15-3-2-6-42(57-46(62)8-5-17-59-49(65)12-13-50(59)66)52(69)55-16-4-7-45(61)56-38-47(63)58-43-37-40(9-11-44(43)60)36-41(53)10-14-51(67)68/h9,11-13,37,41-42,60H,2-8,10,14-36,38-39,53H2,1H3,(H,54,64)(H,55,69)(H,56,61)(H,57,62)(H,58,63)(H,67,68)/t41-,42+/m1/s1. The average Bonchev–Trinajstić information content (AvgIpc) is 3.74. The van der Waals surface area contributed by atoms with Crippen LogP contribution in [0.1, 0.15) is 63.4 Å². The van der Waals surface area contributed by atoms with Gasteiger partial charge in [-0.05, 0) is 62.6 Å². The van der Waals surface area contributed by atoms with E-state index in [0.717, 1.165) is 17.1 Å². The van der Waals surface area contributed by atoms with E-state index >= 15 is 0 Å². The average molecular weight is 1130 g/mol. The van der Waals surface area contributed by atoms with Crippen LogP contribution in [-0.4, -0.2) is 233 Å². The quantitative estimate of drug-likeness (QED) is 0.0228. The lowest BCUT2D eigenvalue weighted by Crippen LogP contribution is -2.47. The lowest BCUT2D eigenvalue weighted by Gasteiger charge is -2.19. The number of hydrogen-bond donors (Lipinski definition) is 8. The van der Waals surface area contributed by atoms with Crippen LogP contribution in [0, 0.1) is 0 Å². The summed E-state index contributed by atoms with van der Waals surface area (Å²) < 4.78 is 53.8. The number of nitrogens with two attached hydrogens (primary N) is 1. The highest BCUT2D eigenvalue weighted by Crippen LogP contribution is 2.25. The summed E-state index contributed by atoms with van der Waals surface area (Å²) in [5, 5.41) is 32.3. The van der Waals surface area contributed by atoms with Crippen LogP contribution in [0.2, 0.25) is 0 Å². The number of phenols is 1. The maximum Gasteiger partial charge on any atom is 0.303 e. The number of ether oxygens (including phenoxy) is 10. The smallest absolute Gasteiger partial charge is 0.303 e. The molecule has 2 atom stereocenters. The Labute approximate surface area is 461 Å². The molecule has 7 amide bonds. The fourth-order valence-electron chi connectivity index (χ4n) is 6.97. The second kappa shape index (κ2) is 46.1. The summed E-state index contributed by atoms with van der Waals surface area (Å²) in [6.07, 6.45) is 4.16. The molecule has 27 heteroatoms. The van der Waals surface area contributed by atoms with Gasteiger partial charge in [0.25, 0.3) is 11.8 Å². The lowest BCUT2D eigenvalue weighted by molar-refractivity contribution is -0.138. The van der Waals surface area contributed by atoms with E-state index in [-0.39, 0.29) is 102 Å². The first-order valence-electron chi connectivity index (χ1n) is 26.7. The van der Waals surface area contributed by atoms with E-state index in [0.29, 0.717) is 131 Å². The molecular weight excluding hydrogens is 1040 g/mol. The van der Waals surface area contributed by atoms with Gasteiger partial charge in [0.1, 0.15) is 18.4 Å². The van der Waals surface area contributed by atoms with Crippen LogP contribution >= 0.6 is 0 Å². The Bertz CT molecular complexity index is 1930. The van der Waals surface area contributed by atoms with Crippen LogP contribution in [0.25, 0.3) is 0 Å². The molecule has 9 N–H and O–H groups in total. The molecule has 79 heavy (non-hydrogen) atoms. The first kappa shape index (κ1) is 69.4. The minimum absolute atomic E-state index is 0.0325. The van der Waals surface area contributed by atoms with Gasteiger partial charge < -0.3 is 89.9 Å². The number of aliphatic carboxylic acids is 1. The number of amides is 7. The van der Waals surface area contributed by atoms with Gasteiger partial charge in [-0.2, -0.15) is 0 Å². The van der Waals surface area contributed by atoms with Crippen molar-refractivity contribution in [1.82, 2.24) is 26.2 Å². The summed E-state index contributed by atoms with van der Waals surface area (Å²) >= 11 is 0. The van der Waals surface area contributed by atoms with E-state index in [1.165, 1.54) is 12.1 Å². The zero-order chi connectivity index (χ0) is 57.6. The maximum atomic E-state index is 13.3. The molecule has 27 nitrogen and oxygen atoms in total. The molecule has 0 bridgehead atoms. The number of imide groups is 1. The third kappa shape index (κ3) is 37.7. The first-order chi connectivity index (χ1) is 38.3. The van der Waals surface area contributed by atoms with Crippen LogP contribution in [0.15, 0.2) is 30.4 Å². The molecule has 0 fully saturated rings. The number of hydrogen-bond acceptors (Lipinski definition) is 20. The number of methoxy groups -OCH3 is 1. The molecule has 0 saturated heterocycles.